The summed E-state index contributed by atoms with van der Waals surface area (Å²) in [6, 6.07) is 13.8. The average Bonchev–Trinajstić information content (AvgIpc) is 2.75. The molecule has 2 aromatic carbocycles. The molecule has 0 fully saturated rings. The Hall–Kier alpha value is -3.20. The van der Waals surface area contributed by atoms with E-state index in [9.17, 15) is 0 Å². The van der Waals surface area contributed by atoms with E-state index in [4.69, 9.17) is 19.7 Å². The van der Waals surface area contributed by atoms with E-state index >= 15 is 0 Å². The van der Waals surface area contributed by atoms with Crippen LogP contribution in [0.3, 0.4) is 0 Å². The summed E-state index contributed by atoms with van der Waals surface area (Å²) in [6.07, 6.45) is 0.928. The number of aliphatic imine (C=N–C) groups is 1. The molecule has 0 bridgehead atoms. The predicted octanol–water partition coefficient (Wildman–Crippen LogP) is 3.10. The van der Waals surface area contributed by atoms with E-state index in [0.717, 1.165) is 49.1 Å². The van der Waals surface area contributed by atoms with Gasteiger partial charge >= 0.3 is 0 Å². The van der Waals surface area contributed by atoms with Gasteiger partial charge in [-0.2, -0.15) is 5.26 Å². The van der Waals surface area contributed by atoms with Crippen molar-refractivity contribution in [3.05, 3.63) is 58.7 Å². The number of rotatable bonds is 5. The quantitative estimate of drug-likeness (QED) is 0.640. The van der Waals surface area contributed by atoms with Gasteiger partial charge in [0.25, 0.3) is 0 Å². The molecule has 1 N–H and O–H groups in total. The van der Waals surface area contributed by atoms with Crippen LogP contribution in [0.1, 0.15) is 29.2 Å². The van der Waals surface area contributed by atoms with E-state index in [2.05, 4.69) is 35.3 Å². The first kappa shape index (κ1) is 19.6. The number of nitrogens with one attached hydrogen (secondary N) is 1. The van der Waals surface area contributed by atoms with E-state index in [1.165, 1.54) is 11.1 Å². The third-order valence-electron chi connectivity index (χ3n) is 4.85. The van der Waals surface area contributed by atoms with Gasteiger partial charge < -0.3 is 19.7 Å². The third-order valence-corrected chi connectivity index (χ3v) is 4.85. The molecule has 3 rings (SSSR count). The lowest BCUT2D eigenvalue weighted by Crippen LogP contribution is -2.44. The van der Waals surface area contributed by atoms with Crippen molar-refractivity contribution < 1.29 is 9.47 Å². The molecule has 0 atom stereocenters. The van der Waals surface area contributed by atoms with Crippen molar-refractivity contribution >= 4 is 5.96 Å². The van der Waals surface area contributed by atoms with Gasteiger partial charge in [-0.1, -0.05) is 12.1 Å². The van der Waals surface area contributed by atoms with Crippen molar-refractivity contribution in [2.24, 2.45) is 4.99 Å². The fourth-order valence-corrected chi connectivity index (χ4v) is 3.34. The summed E-state index contributed by atoms with van der Waals surface area (Å²) in [5, 5.41) is 12.3. The van der Waals surface area contributed by atoms with E-state index in [-0.39, 0.29) is 0 Å². The minimum atomic E-state index is 0.573. The van der Waals surface area contributed by atoms with Crippen LogP contribution in [0.25, 0.3) is 0 Å². The van der Waals surface area contributed by atoms with Crippen molar-refractivity contribution in [2.75, 3.05) is 27.3 Å². The average molecular weight is 378 g/mol. The summed E-state index contributed by atoms with van der Waals surface area (Å²) in [6.45, 7) is 5.12. The summed E-state index contributed by atoms with van der Waals surface area (Å²) in [5.74, 6) is 2.42. The van der Waals surface area contributed by atoms with E-state index in [1.54, 1.807) is 14.2 Å². The van der Waals surface area contributed by atoms with Crippen LogP contribution in [-0.2, 0) is 19.5 Å². The zero-order valence-electron chi connectivity index (χ0n) is 16.7. The normalized spacial score (nSPS) is 13.5. The molecule has 6 heteroatoms. The van der Waals surface area contributed by atoms with Gasteiger partial charge in [0, 0.05) is 19.6 Å². The fourth-order valence-electron chi connectivity index (χ4n) is 3.34. The lowest BCUT2D eigenvalue weighted by molar-refractivity contribution is 0.346. The molecule has 1 aliphatic heterocycles. The maximum Gasteiger partial charge on any atom is 0.194 e. The van der Waals surface area contributed by atoms with E-state index in [1.807, 2.05) is 24.3 Å². The number of hydrogen-bond acceptors (Lipinski definition) is 4. The van der Waals surface area contributed by atoms with Gasteiger partial charge in [0.2, 0.25) is 0 Å². The monoisotopic (exact) mass is 378 g/mol. The molecule has 146 valence electrons. The number of fused-ring (bicyclic) bond motifs is 1. The molecule has 28 heavy (non-hydrogen) atoms. The first-order valence-corrected chi connectivity index (χ1v) is 9.44. The zero-order valence-corrected chi connectivity index (χ0v) is 16.7. The number of methoxy groups -OCH3 is 2. The molecule has 0 saturated carbocycles. The van der Waals surface area contributed by atoms with Crippen LogP contribution in [0.2, 0.25) is 0 Å². The zero-order chi connectivity index (χ0) is 19.9. The summed E-state index contributed by atoms with van der Waals surface area (Å²) >= 11 is 0. The predicted molar refractivity (Wildman–Crippen MR) is 110 cm³/mol. The summed E-state index contributed by atoms with van der Waals surface area (Å²) in [7, 11) is 3.33. The molecule has 1 heterocycles. The second-order valence-electron chi connectivity index (χ2n) is 6.63. The molecule has 0 aliphatic carbocycles. The van der Waals surface area contributed by atoms with Gasteiger partial charge in [0.1, 0.15) is 0 Å². The number of hydrogen-bond donors (Lipinski definition) is 1. The van der Waals surface area contributed by atoms with Gasteiger partial charge in [0.15, 0.2) is 17.5 Å². The Bertz CT molecular complexity index is 885. The number of ether oxygens (including phenoxy) is 2. The van der Waals surface area contributed by atoms with Crippen LogP contribution >= 0.6 is 0 Å². The molecule has 0 radical (unpaired) electrons. The maximum atomic E-state index is 8.93. The number of nitriles is 1. The lowest BCUT2D eigenvalue weighted by Gasteiger charge is -2.32. The fraction of sp³-hybridized carbons (Fsp3) is 0.364. The highest BCUT2D eigenvalue weighted by atomic mass is 16.5. The van der Waals surface area contributed by atoms with Gasteiger partial charge in [-0.25, -0.2) is 4.99 Å². The van der Waals surface area contributed by atoms with Crippen molar-refractivity contribution in [1.29, 1.82) is 5.26 Å². The van der Waals surface area contributed by atoms with Crippen LogP contribution in [0, 0.1) is 11.3 Å². The Kier molecular flexibility index (Phi) is 6.38. The standard InChI is InChI=1S/C22H26N4O2/c1-4-24-22(25-14-17-7-5-16(13-23)6-8-17)26-10-9-18-11-20(27-2)21(28-3)12-19(18)15-26/h5-8,11-12H,4,9-10,14-15H2,1-3H3,(H,24,25). The van der Waals surface area contributed by atoms with Crippen molar-refractivity contribution in [1.82, 2.24) is 10.2 Å². The van der Waals surface area contributed by atoms with Crippen LogP contribution in [0.15, 0.2) is 41.4 Å². The topological polar surface area (TPSA) is 69.9 Å². The van der Waals surface area contributed by atoms with Gasteiger partial charge in [-0.05, 0) is 54.3 Å². The Labute approximate surface area is 166 Å². The summed E-state index contributed by atoms with van der Waals surface area (Å²) in [4.78, 5) is 7.07. The number of nitrogens with zero attached hydrogens (tertiary/aromatic N) is 3. The second-order valence-corrected chi connectivity index (χ2v) is 6.63. The first-order chi connectivity index (χ1) is 13.7. The Morgan fingerprint density at radius 1 is 1.14 bits per heavy atom. The highest BCUT2D eigenvalue weighted by molar-refractivity contribution is 5.80. The van der Waals surface area contributed by atoms with Crippen LogP contribution in [0.5, 0.6) is 11.5 Å². The summed E-state index contributed by atoms with van der Waals surface area (Å²) < 4.78 is 10.9. The van der Waals surface area contributed by atoms with Crippen LogP contribution < -0.4 is 14.8 Å². The van der Waals surface area contributed by atoms with Crippen LogP contribution in [-0.4, -0.2) is 38.2 Å². The lowest BCUT2D eigenvalue weighted by atomic mass is 9.99. The SMILES string of the molecule is CCNC(=NCc1ccc(C#N)cc1)N1CCc2cc(OC)c(OC)cc2C1. The minimum absolute atomic E-state index is 0.573. The first-order valence-electron chi connectivity index (χ1n) is 9.44. The Morgan fingerprint density at radius 2 is 1.82 bits per heavy atom. The molecule has 0 unspecified atom stereocenters. The highest BCUT2D eigenvalue weighted by Gasteiger charge is 2.21. The molecule has 6 nitrogen and oxygen atoms in total. The molecule has 0 saturated heterocycles. The molecule has 0 aromatic heterocycles. The smallest absolute Gasteiger partial charge is 0.194 e. The van der Waals surface area contributed by atoms with Crippen molar-refractivity contribution in [2.45, 2.75) is 26.4 Å². The van der Waals surface area contributed by atoms with E-state index < -0.39 is 0 Å². The molecule has 0 spiro atoms. The molecule has 1 aliphatic rings. The van der Waals surface area contributed by atoms with Crippen molar-refractivity contribution in [3.63, 3.8) is 0 Å². The van der Waals surface area contributed by atoms with Gasteiger partial charge in [0.05, 0.1) is 32.4 Å². The molecular formula is C22H26N4O2. The maximum absolute atomic E-state index is 8.93. The third kappa shape index (κ3) is 4.37. The van der Waals surface area contributed by atoms with Crippen molar-refractivity contribution in [3.8, 4) is 17.6 Å². The molecule has 0 amide bonds. The highest BCUT2D eigenvalue weighted by Crippen LogP contribution is 2.33. The van der Waals surface area contributed by atoms with Crippen LogP contribution in [0.4, 0.5) is 0 Å². The number of benzene rings is 2. The minimum Gasteiger partial charge on any atom is -0.493 e. The van der Waals surface area contributed by atoms with Gasteiger partial charge in [-0.3, -0.25) is 0 Å². The molecular weight excluding hydrogens is 352 g/mol. The summed E-state index contributed by atoms with van der Waals surface area (Å²) in [5.41, 5.74) is 4.26. The Balaban J connectivity index is 1.78. The van der Waals surface area contributed by atoms with E-state index in [0.29, 0.717) is 12.1 Å². The molecule has 2 aromatic rings. The largest absolute Gasteiger partial charge is 0.493 e. The van der Waals surface area contributed by atoms with Gasteiger partial charge in [-0.15, -0.1) is 0 Å². The Morgan fingerprint density at radius 3 is 2.43 bits per heavy atom. The number of guanidine groups is 1. The second kappa shape index (κ2) is 9.14.